The van der Waals surface area contributed by atoms with Gasteiger partial charge in [0.2, 0.25) is 0 Å². The Morgan fingerprint density at radius 1 is 0.731 bits per heavy atom. The van der Waals surface area contributed by atoms with Gasteiger partial charge >= 0.3 is 0 Å². The summed E-state index contributed by atoms with van der Waals surface area (Å²) in [5, 5.41) is 2.62. The van der Waals surface area contributed by atoms with Crippen LogP contribution in [0.15, 0.2) is 89.5 Å². The van der Waals surface area contributed by atoms with Gasteiger partial charge < -0.3 is 14.1 Å². The lowest BCUT2D eigenvalue weighted by Gasteiger charge is -2.29. The van der Waals surface area contributed by atoms with Crippen molar-refractivity contribution < 1.29 is 9.15 Å². The number of nitrogens with zero attached hydrogens (tertiary/aromatic N) is 1. The lowest BCUT2D eigenvalue weighted by molar-refractivity contribution is 0.0312. The first-order chi connectivity index (χ1) is 12.9. The van der Waals surface area contributed by atoms with Crippen molar-refractivity contribution >= 4 is 16.5 Å². The van der Waals surface area contributed by atoms with E-state index in [1.165, 1.54) is 21.9 Å². The second-order valence-electron chi connectivity index (χ2n) is 6.90. The fourth-order valence-electron chi connectivity index (χ4n) is 4.54. The Labute approximate surface area is 151 Å². The molecule has 0 amide bonds. The van der Waals surface area contributed by atoms with Crippen LogP contribution in [0, 0.1) is 0 Å². The molecule has 0 N–H and O–H groups in total. The van der Waals surface area contributed by atoms with Gasteiger partial charge in [-0.25, -0.2) is 0 Å². The second-order valence-corrected chi connectivity index (χ2v) is 6.90. The van der Waals surface area contributed by atoms with E-state index >= 15 is 0 Å². The van der Waals surface area contributed by atoms with E-state index in [-0.39, 0.29) is 18.4 Å². The lowest BCUT2D eigenvalue weighted by Crippen LogP contribution is -2.26. The molecule has 3 atom stereocenters. The van der Waals surface area contributed by atoms with Crippen molar-refractivity contribution in [2.75, 3.05) is 4.90 Å². The Bertz CT molecular complexity index is 1080. The summed E-state index contributed by atoms with van der Waals surface area (Å²) in [4.78, 5) is 2.36. The highest BCUT2D eigenvalue weighted by molar-refractivity contribution is 5.92. The van der Waals surface area contributed by atoms with Crippen molar-refractivity contribution in [1.82, 2.24) is 0 Å². The Balaban J connectivity index is 1.59. The van der Waals surface area contributed by atoms with Gasteiger partial charge in [0, 0.05) is 5.69 Å². The standard InChI is InChI=1S/C23H17NO2/c1-2-9-16(10-3-1)24-21-17-11-4-7-15-8-5-12-18(20(15)17)22(21)26-23(24)19-13-6-14-25-19/h1-14,21-23H/t21-,22+,23-/m0/s1. The molecule has 0 saturated carbocycles. The summed E-state index contributed by atoms with van der Waals surface area (Å²) in [5.74, 6) is 0.841. The largest absolute Gasteiger partial charge is 0.465 e. The molecule has 0 spiro atoms. The SMILES string of the molecule is c1ccc(N2[C@H](c3ccco3)O[C@@H]3c4cccc5cccc(c45)[C@@H]32)cc1. The monoisotopic (exact) mass is 339 g/mol. The number of fused-ring (bicyclic) bond motifs is 3. The summed E-state index contributed by atoms with van der Waals surface area (Å²) < 4.78 is 12.3. The topological polar surface area (TPSA) is 25.6 Å². The van der Waals surface area contributed by atoms with Crippen LogP contribution in [0.25, 0.3) is 10.8 Å². The number of hydrogen-bond acceptors (Lipinski definition) is 3. The van der Waals surface area contributed by atoms with Crippen LogP contribution in [0.1, 0.15) is 35.3 Å². The molecule has 1 saturated heterocycles. The Hall–Kier alpha value is -3.04. The highest BCUT2D eigenvalue weighted by Gasteiger charge is 2.50. The van der Waals surface area contributed by atoms with Crippen molar-refractivity contribution in [2.45, 2.75) is 18.4 Å². The third kappa shape index (κ3) is 1.81. The van der Waals surface area contributed by atoms with E-state index in [0.717, 1.165) is 11.4 Å². The molecule has 3 aromatic carbocycles. The van der Waals surface area contributed by atoms with E-state index in [0.29, 0.717) is 0 Å². The molecule has 1 aromatic heterocycles. The average Bonchev–Trinajstić information content (AvgIpc) is 3.40. The van der Waals surface area contributed by atoms with Crippen molar-refractivity contribution in [1.29, 1.82) is 0 Å². The third-order valence-corrected chi connectivity index (χ3v) is 5.55. The predicted molar refractivity (Wildman–Crippen MR) is 101 cm³/mol. The predicted octanol–water partition coefficient (Wildman–Crippen LogP) is 5.76. The lowest BCUT2D eigenvalue weighted by atomic mass is 10.0. The molecular formula is C23H17NO2. The third-order valence-electron chi connectivity index (χ3n) is 5.55. The van der Waals surface area contributed by atoms with Crippen molar-refractivity contribution in [2.24, 2.45) is 0 Å². The summed E-state index contributed by atoms with van der Waals surface area (Å²) >= 11 is 0. The summed E-state index contributed by atoms with van der Waals surface area (Å²) in [6.45, 7) is 0. The number of furan rings is 1. The van der Waals surface area contributed by atoms with Crippen molar-refractivity contribution in [3.63, 3.8) is 0 Å². The van der Waals surface area contributed by atoms with Crippen molar-refractivity contribution in [3.05, 3.63) is 102 Å². The number of hydrogen-bond donors (Lipinski definition) is 0. The van der Waals surface area contributed by atoms with Crippen LogP contribution >= 0.6 is 0 Å². The molecule has 1 aliphatic heterocycles. The van der Waals surface area contributed by atoms with Crippen LogP contribution in [0.2, 0.25) is 0 Å². The Morgan fingerprint density at radius 2 is 1.54 bits per heavy atom. The van der Waals surface area contributed by atoms with E-state index in [1.807, 2.05) is 18.2 Å². The van der Waals surface area contributed by atoms with Crippen LogP contribution in [-0.2, 0) is 4.74 Å². The number of rotatable bonds is 2. The minimum atomic E-state index is -0.231. The highest BCUT2D eigenvalue weighted by Crippen LogP contribution is 2.58. The maximum atomic E-state index is 6.60. The molecule has 3 heteroatoms. The van der Waals surface area contributed by atoms with E-state index < -0.39 is 0 Å². The zero-order valence-electron chi connectivity index (χ0n) is 14.1. The van der Waals surface area contributed by atoms with E-state index in [2.05, 4.69) is 65.6 Å². The zero-order chi connectivity index (χ0) is 17.1. The molecule has 3 nitrogen and oxygen atoms in total. The first-order valence-electron chi connectivity index (χ1n) is 8.95. The molecule has 6 rings (SSSR count). The first kappa shape index (κ1) is 14.2. The Morgan fingerprint density at radius 3 is 2.31 bits per heavy atom. The number of anilines is 1. The van der Waals surface area contributed by atoms with E-state index in [9.17, 15) is 0 Å². The van der Waals surface area contributed by atoms with Crippen LogP contribution in [0.3, 0.4) is 0 Å². The Kier molecular flexibility index (Phi) is 2.85. The van der Waals surface area contributed by atoms with Gasteiger partial charge in [-0.1, -0.05) is 54.6 Å². The summed E-state index contributed by atoms with van der Waals surface area (Å²) in [6.07, 6.45) is 1.49. The maximum Gasteiger partial charge on any atom is 0.190 e. The zero-order valence-corrected chi connectivity index (χ0v) is 14.1. The molecule has 2 heterocycles. The minimum Gasteiger partial charge on any atom is -0.465 e. The van der Waals surface area contributed by atoms with E-state index in [1.54, 1.807) is 6.26 Å². The molecule has 0 unspecified atom stereocenters. The minimum absolute atomic E-state index is 0.00593. The summed E-state index contributed by atoms with van der Waals surface area (Å²) in [5.41, 5.74) is 3.75. The summed E-state index contributed by atoms with van der Waals surface area (Å²) in [7, 11) is 0. The fourth-order valence-corrected chi connectivity index (χ4v) is 4.54. The molecular weight excluding hydrogens is 322 g/mol. The number of para-hydroxylation sites is 1. The van der Waals surface area contributed by atoms with Gasteiger partial charge in [0.25, 0.3) is 0 Å². The van der Waals surface area contributed by atoms with Gasteiger partial charge in [0.15, 0.2) is 12.0 Å². The molecule has 26 heavy (non-hydrogen) atoms. The normalized spacial score (nSPS) is 23.5. The molecule has 126 valence electrons. The maximum absolute atomic E-state index is 6.60. The van der Waals surface area contributed by atoms with Crippen LogP contribution in [-0.4, -0.2) is 0 Å². The molecule has 1 fully saturated rings. The van der Waals surface area contributed by atoms with Crippen LogP contribution < -0.4 is 4.90 Å². The second kappa shape index (κ2) is 5.23. The quantitative estimate of drug-likeness (QED) is 0.464. The van der Waals surface area contributed by atoms with Gasteiger partial charge in [-0.2, -0.15) is 0 Å². The van der Waals surface area contributed by atoms with Gasteiger partial charge in [0.1, 0.15) is 6.10 Å². The van der Waals surface area contributed by atoms with Crippen LogP contribution in [0.5, 0.6) is 0 Å². The van der Waals surface area contributed by atoms with E-state index in [4.69, 9.17) is 9.15 Å². The van der Waals surface area contributed by atoms with Crippen LogP contribution in [0.4, 0.5) is 5.69 Å². The molecule has 0 bridgehead atoms. The fraction of sp³-hybridized carbons (Fsp3) is 0.130. The van der Waals surface area contributed by atoms with Crippen molar-refractivity contribution in [3.8, 4) is 0 Å². The van der Waals surface area contributed by atoms with Gasteiger partial charge in [0.05, 0.1) is 12.3 Å². The highest BCUT2D eigenvalue weighted by atomic mass is 16.5. The van der Waals surface area contributed by atoms with Gasteiger partial charge in [-0.05, 0) is 46.2 Å². The summed E-state index contributed by atoms with van der Waals surface area (Å²) in [6, 6.07) is 27.6. The van der Waals surface area contributed by atoms with Gasteiger partial charge in [-0.15, -0.1) is 0 Å². The van der Waals surface area contributed by atoms with Gasteiger partial charge in [-0.3, -0.25) is 0 Å². The molecule has 1 aliphatic carbocycles. The smallest absolute Gasteiger partial charge is 0.190 e. The number of benzene rings is 3. The molecule has 2 aliphatic rings. The number of ether oxygens (including phenoxy) is 1. The molecule has 4 aromatic rings. The first-order valence-corrected chi connectivity index (χ1v) is 8.95. The average molecular weight is 339 g/mol. The molecule has 0 radical (unpaired) electrons.